The third-order valence-corrected chi connectivity index (χ3v) is 3.36. The van der Waals surface area contributed by atoms with Gasteiger partial charge in [0.05, 0.1) is 10.7 Å². The molecular formula is C13H13BrClNO. The van der Waals surface area contributed by atoms with Crippen molar-refractivity contribution in [3.8, 4) is 11.3 Å². The van der Waals surface area contributed by atoms with E-state index in [9.17, 15) is 0 Å². The fourth-order valence-electron chi connectivity index (χ4n) is 1.66. The molecule has 1 N–H and O–H groups in total. The van der Waals surface area contributed by atoms with Crippen molar-refractivity contribution in [1.29, 1.82) is 0 Å². The molecule has 17 heavy (non-hydrogen) atoms. The van der Waals surface area contributed by atoms with Gasteiger partial charge in [-0.1, -0.05) is 24.6 Å². The first-order valence-corrected chi connectivity index (χ1v) is 6.62. The van der Waals surface area contributed by atoms with Gasteiger partial charge in [-0.05, 0) is 46.2 Å². The summed E-state index contributed by atoms with van der Waals surface area (Å²) in [5.74, 6) is 0.820. The highest BCUT2D eigenvalue weighted by Crippen LogP contribution is 2.33. The average Bonchev–Trinajstić information content (AvgIpc) is 2.74. The number of halogens is 2. The second-order valence-electron chi connectivity index (χ2n) is 3.68. The molecule has 0 aliphatic carbocycles. The molecule has 0 fully saturated rings. The van der Waals surface area contributed by atoms with Crippen molar-refractivity contribution in [1.82, 2.24) is 5.32 Å². The molecular weight excluding hydrogens is 302 g/mol. The van der Waals surface area contributed by atoms with Gasteiger partial charge in [-0.15, -0.1) is 0 Å². The Bertz CT molecular complexity index is 510. The molecule has 0 spiro atoms. The van der Waals surface area contributed by atoms with Crippen LogP contribution in [0.25, 0.3) is 11.3 Å². The Morgan fingerprint density at radius 2 is 2.18 bits per heavy atom. The van der Waals surface area contributed by atoms with Crippen molar-refractivity contribution in [2.45, 2.75) is 13.5 Å². The zero-order valence-electron chi connectivity index (χ0n) is 9.47. The molecule has 0 atom stereocenters. The van der Waals surface area contributed by atoms with Gasteiger partial charge < -0.3 is 9.73 Å². The summed E-state index contributed by atoms with van der Waals surface area (Å²) in [6.07, 6.45) is 1.66. The fraction of sp³-hybridized carbons (Fsp3) is 0.231. The summed E-state index contributed by atoms with van der Waals surface area (Å²) >= 11 is 9.52. The van der Waals surface area contributed by atoms with Gasteiger partial charge in [0.2, 0.25) is 0 Å². The van der Waals surface area contributed by atoms with E-state index < -0.39 is 0 Å². The van der Waals surface area contributed by atoms with E-state index in [2.05, 4.69) is 28.2 Å². The Labute approximate surface area is 114 Å². The summed E-state index contributed by atoms with van der Waals surface area (Å²) in [4.78, 5) is 0. The Morgan fingerprint density at radius 3 is 2.82 bits per heavy atom. The molecule has 4 heteroatoms. The van der Waals surface area contributed by atoms with Gasteiger partial charge >= 0.3 is 0 Å². The van der Waals surface area contributed by atoms with E-state index in [0.717, 1.165) is 28.9 Å². The van der Waals surface area contributed by atoms with E-state index in [1.54, 1.807) is 6.26 Å². The van der Waals surface area contributed by atoms with Gasteiger partial charge in [0.1, 0.15) is 5.76 Å². The largest absolute Gasteiger partial charge is 0.463 e. The molecule has 0 unspecified atom stereocenters. The molecule has 2 aromatic rings. The maximum absolute atomic E-state index is 6.04. The van der Waals surface area contributed by atoms with Gasteiger partial charge in [0.15, 0.2) is 0 Å². The van der Waals surface area contributed by atoms with E-state index in [1.807, 2.05) is 24.3 Å². The van der Waals surface area contributed by atoms with E-state index in [0.29, 0.717) is 5.02 Å². The van der Waals surface area contributed by atoms with Gasteiger partial charge in [-0.25, -0.2) is 0 Å². The van der Waals surface area contributed by atoms with Crippen molar-refractivity contribution in [2.75, 3.05) is 6.54 Å². The summed E-state index contributed by atoms with van der Waals surface area (Å²) < 4.78 is 6.43. The first-order valence-electron chi connectivity index (χ1n) is 5.45. The molecule has 0 bridgehead atoms. The third kappa shape index (κ3) is 2.92. The van der Waals surface area contributed by atoms with Gasteiger partial charge in [-0.3, -0.25) is 0 Å². The van der Waals surface area contributed by atoms with Crippen molar-refractivity contribution >= 4 is 27.5 Å². The Morgan fingerprint density at radius 1 is 1.35 bits per heavy atom. The number of furan rings is 1. The van der Waals surface area contributed by atoms with Crippen LogP contribution in [-0.2, 0) is 6.54 Å². The van der Waals surface area contributed by atoms with Crippen LogP contribution < -0.4 is 5.32 Å². The second kappa shape index (κ2) is 5.71. The highest BCUT2D eigenvalue weighted by Gasteiger charge is 2.12. The van der Waals surface area contributed by atoms with Crippen LogP contribution >= 0.6 is 27.5 Å². The molecule has 0 amide bonds. The SMILES string of the molecule is CCNCc1ccc(Cl)cc1-c1occc1Br. The van der Waals surface area contributed by atoms with Crippen LogP contribution in [0.1, 0.15) is 12.5 Å². The molecule has 0 aliphatic rings. The topological polar surface area (TPSA) is 25.2 Å². The Balaban J connectivity index is 2.43. The molecule has 1 heterocycles. The molecule has 0 saturated heterocycles. The Hall–Kier alpha value is -0.770. The maximum atomic E-state index is 6.04. The first-order chi connectivity index (χ1) is 8.22. The molecule has 1 aromatic carbocycles. The van der Waals surface area contributed by atoms with E-state index in [4.69, 9.17) is 16.0 Å². The van der Waals surface area contributed by atoms with E-state index in [1.165, 1.54) is 5.56 Å². The fourth-order valence-corrected chi connectivity index (χ4v) is 2.25. The summed E-state index contributed by atoms with van der Waals surface area (Å²) in [5.41, 5.74) is 2.20. The lowest BCUT2D eigenvalue weighted by Crippen LogP contribution is -2.12. The van der Waals surface area contributed by atoms with Crippen molar-refractivity contribution < 1.29 is 4.42 Å². The van der Waals surface area contributed by atoms with Crippen LogP contribution in [0.15, 0.2) is 39.4 Å². The monoisotopic (exact) mass is 313 g/mol. The van der Waals surface area contributed by atoms with E-state index >= 15 is 0 Å². The number of rotatable bonds is 4. The molecule has 0 saturated carbocycles. The minimum atomic E-state index is 0.712. The smallest absolute Gasteiger partial charge is 0.148 e. The summed E-state index contributed by atoms with van der Waals surface area (Å²) in [6.45, 7) is 3.82. The van der Waals surface area contributed by atoms with Crippen LogP contribution in [0.3, 0.4) is 0 Å². The molecule has 0 radical (unpaired) electrons. The number of hydrogen-bond donors (Lipinski definition) is 1. The van der Waals surface area contributed by atoms with Crippen LogP contribution in [0.2, 0.25) is 5.02 Å². The standard InChI is InChI=1S/C13H13BrClNO/c1-2-16-8-9-3-4-10(15)7-11(9)13-12(14)5-6-17-13/h3-7,16H,2,8H2,1H3. The lowest BCUT2D eigenvalue weighted by Gasteiger charge is -2.09. The zero-order valence-corrected chi connectivity index (χ0v) is 11.8. The maximum Gasteiger partial charge on any atom is 0.148 e. The van der Waals surface area contributed by atoms with Crippen molar-refractivity contribution in [3.63, 3.8) is 0 Å². The molecule has 90 valence electrons. The summed E-state index contributed by atoms with van der Waals surface area (Å²) in [5, 5.41) is 4.02. The first kappa shape index (κ1) is 12.7. The second-order valence-corrected chi connectivity index (χ2v) is 4.97. The van der Waals surface area contributed by atoms with Gasteiger partial charge in [-0.2, -0.15) is 0 Å². The predicted molar refractivity (Wildman–Crippen MR) is 74.2 cm³/mol. The van der Waals surface area contributed by atoms with Crippen molar-refractivity contribution in [2.24, 2.45) is 0 Å². The van der Waals surface area contributed by atoms with Gasteiger partial charge in [0.25, 0.3) is 0 Å². The number of nitrogens with one attached hydrogen (secondary N) is 1. The lowest BCUT2D eigenvalue weighted by atomic mass is 10.1. The lowest BCUT2D eigenvalue weighted by molar-refractivity contribution is 0.579. The van der Waals surface area contributed by atoms with Crippen LogP contribution in [0, 0.1) is 0 Å². The third-order valence-electron chi connectivity index (χ3n) is 2.50. The summed E-state index contributed by atoms with van der Waals surface area (Å²) in [6, 6.07) is 7.73. The van der Waals surface area contributed by atoms with Crippen LogP contribution in [-0.4, -0.2) is 6.54 Å². The van der Waals surface area contributed by atoms with Crippen molar-refractivity contribution in [3.05, 3.63) is 45.6 Å². The molecule has 2 nitrogen and oxygen atoms in total. The van der Waals surface area contributed by atoms with Gasteiger partial charge in [0, 0.05) is 17.1 Å². The molecule has 2 rings (SSSR count). The normalized spacial score (nSPS) is 10.8. The quantitative estimate of drug-likeness (QED) is 0.900. The Kier molecular flexibility index (Phi) is 4.26. The zero-order chi connectivity index (χ0) is 12.3. The summed E-state index contributed by atoms with van der Waals surface area (Å²) in [7, 11) is 0. The van der Waals surface area contributed by atoms with Crippen LogP contribution in [0.5, 0.6) is 0 Å². The average molecular weight is 315 g/mol. The number of benzene rings is 1. The van der Waals surface area contributed by atoms with E-state index in [-0.39, 0.29) is 0 Å². The predicted octanol–water partition coefficient (Wildman–Crippen LogP) is 4.47. The number of hydrogen-bond acceptors (Lipinski definition) is 2. The van der Waals surface area contributed by atoms with Crippen LogP contribution in [0.4, 0.5) is 0 Å². The molecule has 0 aliphatic heterocycles. The minimum Gasteiger partial charge on any atom is -0.463 e. The highest BCUT2D eigenvalue weighted by molar-refractivity contribution is 9.10. The highest BCUT2D eigenvalue weighted by atomic mass is 79.9. The minimum absolute atomic E-state index is 0.712. The molecule has 1 aromatic heterocycles.